The fraction of sp³-hybridized carbons (Fsp3) is 0.263. The summed E-state index contributed by atoms with van der Waals surface area (Å²) in [6.45, 7) is 9.38. The Morgan fingerprint density at radius 3 is 1.49 bits per heavy atom. The Labute approximate surface area is 238 Å². The number of allylic oxidation sites excluding steroid dienone is 2. The zero-order valence-electron chi connectivity index (χ0n) is 24.1. The molecule has 0 aromatic heterocycles. The van der Waals surface area contributed by atoms with Crippen LogP contribution in [0.4, 0.5) is 0 Å². The summed E-state index contributed by atoms with van der Waals surface area (Å²) in [6, 6.07) is 32.4. The van der Waals surface area contributed by atoms with Crippen molar-refractivity contribution in [2.24, 2.45) is 5.41 Å². The predicted molar refractivity (Wildman–Crippen MR) is 165 cm³/mol. The normalized spacial score (nSPS) is 23.8. The van der Waals surface area contributed by atoms with Crippen molar-refractivity contribution in [2.45, 2.75) is 50.8 Å². The van der Waals surface area contributed by atoms with Gasteiger partial charge in [-0.25, -0.2) is 0 Å². The summed E-state index contributed by atoms with van der Waals surface area (Å²) in [5, 5.41) is 0. The van der Waals surface area contributed by atoms with Crippen LogP contribution >= 0.6 is 0 Å². The average molecular weight is 673 g/mol. The van der Waals surface area contributed by atoms with Crippen molar-refractivity contribution in [3.8, 4) is 22.3 Å². The molecular weight excluding hydrogens is 635 g/mol. The zero-order valence-corrected chi connectivity index (χ0v) is 27.7. The molecule has 1 heterocycles. The second-order valence-corrected chi connectivity index (χ2v) is 30.2. The molecule has 0 radical (unpaired) electrons. The molecule has 0 bridgehead atoms. The summed E-state index contributed by atoms with van der Waals surface area (Å²) in [6.07, 6.45) is 6.43. The maximum absolute atomic E-state index is 3.02. The Kier molecular flexibility index (Phi) is 5.73. The van der Waals surface area contributed by atoms with E-state index in [1.54, 1.807) is 22.3 Å². The van der Waals surface area contributed by atoms with Crippen molar-refractivity contribution in [1.29, 1.82) is 0 Å². The van der Waals surface area contributed by atoms with Gasteiger partial charge in [-0.3, -0.25) is 0 Å². The van der Waals surface area contributed by atoms with Crippen LogP contribution in [0.2, 0.25) is 9.36 Å². The molecular formula is C38H38Hf. The Balaban J connectivity index is 1.45. The van der Waals surface area contributed by atoms with Gasteiger partial charge in [-0.05, 0) is 0 Å². The first-order valence-electron chi connectivity index (χ1n) is 14.6. The Hall–Kier alpha value is -2.77. The Morgan fingerprint density at radius 2 is 1.08 bits per heavy atom. The van der Waals surface area contributed by atoms with Crippen LogP contribution in [-0.4, -0.2) is 0 Å². The average Bonchev–Trinajstić information content (AvgIpc) is 3.53. The number of rotatable bonds is 3. The molecule has 0 spiro atoms. The monoisotopic (exact) mass is 674 g/mol. The zero-order chi connectivity index (χ0) is 27.1. The summed E-state index contributed by atoms with van der Waals surface area (Å²) in [4.78, 5) is 0. The molecule has 3 aliphatic rings. The summed E-state index contributed by atoms with van der Waals surface area (Å²) in [7, 11) is 0. The van der Waals surface area contributed by atoms with Crippen molar-refractivity contribution in [1.82, 2.24) is 0 Å². The molecule has 0 nitrogen and oxygen atoms in total. The van der Waals surface area contributed by atoms with Crippen LogP contribution in [0.25, 0.3) is 34.4 Å². The van der Waals surface area contributed by atoms with Crippen LogP contribution in [-0.2, 0) is 20.0 Å². The quantitative estimate of drug-likeness (QED) is 0.190. The summed E-state index contributed by atoms with van der Waals surface area (Å²) in [5.74, 6) is 0. The first-order chi connectivity index (χ1) is 18.7. The van der Waals surface area contributed by atoms with Gasteiger partial charge < -0.3 is 0 Å². The van der Waals surface area contributed by atoms with Gasteiger partial charge >= 0.3 is 240 Å². The minimum absolute atomic E-state index is 0.0800. The van der Waals surface area contributed by atoms with E-state index < -0.39 is 20.0 Å². The van der Waals surface area contributed by atoms with Crippen molar-refractivity contribution < 1.29 is 20.0 Å². The Bertz CT molecular complexity index is 1590. The number of hydrogen-bond donors (Lipinski definition) is 0. The van der Waals surface area contributed by atoms with Crippen LogP contribution in [0.5, 0.6) is 0 Å². The first kappa shape index (κ1) is 25.2. The molecule has 0 amide bonds. The maximum atomic E-state index is 2.75. The Morgan fingerprint density at radius 1 is 0.641 bits per heavy atom. The number of fused-ring (bicyclic) bond motifs is 6. The molecule has 0 saturated carbocycles. The first-order valence-corrected chi connectivity index (χ1v) is 25.9. The van der Waals surface area contributed by atoms with E-state index in [1.165, 1.54) is 44.5 Å². The van der Waals surface area contributed by atoms with Crippen LogP contribution < -0.4 is 0 Å². The molecule has 4 aromatic carbocycles. The molecule has 2 atom stereocenters. The third-order valence-corrected chi connectivity index (χ3v) is 25.4. The standard InChI is InChI=1S/C36H32.2CH3.Hf/c1-5-36(4,30-20-28-14-8-16-32(34(28)22-30)26-12-6-10-24(2)18-26)31-21-29-15-9-17-33(35(29)23-31)27-13-7-11-25(3)19-27;;;/h6-23H,5H2,1-4H3;2*1H3;. The molecule has 2 aliphatic carbocycles. The third-order valence-electron chi connectivity index (χ3n) is 10.3. The van der Waals surface area contributed by atoms with Crippen molar-refractivity contribution >= 4 is 12.2 Å². The molecule has 7 rings (SSSR count). The van der Waals surface area contributed by atoms with Crippen molar-refractivity contribution in [3.05, 3.63) is 129 Å². The number of aryl methyl sites for hydroxylation is 2. The van der Waals surface area contributed by atoms with E-state index in [-0.39, 0.29) is 5.41 Å². The third kappa shape index (κ3) is 3.58. The van der Waals surface area contributed by atoms with E-state index in [2.05, 4.69) is 134 Å². The topological polar surface area (TPSA) is 0 Å². The van der Waals surface area contributed by atoms with E-state index >= 15 is 0 Å². The van der Waals surface area contributed by atoms with Crippen molar-refractivity contribution in [2.75, 3.05) is 0 Å². The number of hydrogen-bond acceptors (Lipinski definition) is 0. The predicted octanol–water partition coefficient (Wildman–Crippen LogP) is 10.9. The summed E-state index contributed by atoms with van der Waals surface area (Å²) < 4.78 is 6.75. The van der Waals surface area contributed by atoms with Crippen LogP contribution in [0.15, 0.2) is 96.1 Å². The van der Waals surface area contributed by atoms with E-state index in [9.17, 15) is 0 Å². The van der Waals surface area contributed by atoms with Gasteiger partial charge in [-0.1, -0.05) is 0 Å². The van der Waals surface area contributed by atoms with Crippen LogP contribution in [0, 0.1) is 19.3 Å². The molecule has 4 aromatic rings. The van der Waals surface area contributed by atoms with Crippen LogP contribution in [0.3, 0.4) is 0 Å². The SMILES string of the molecule is CCC1(C)C2=Cc3c(-c4cccc(C)c4)cccc3[CH]2[Hf]([CH3])([CH3])[CH]2C1=Cc1c(-c3cccc(C)c3)cccc12. The van der Waals surface area contributed by atoms with Gasteiger partial charge in [0.15, 0.2) is 0 Å². The van der Waals surface area contributed by atoms with E-state index in [4.69, 9.17) is 0 Å². The van der Waals surface area contributed by atoms with Gasteiger partial charge in [-0.15, -0.1) is 0 Å². The molecule has 194 valence electrons. The molecule has 1 aliphatic heterocycles. The fourth-order valence-electron chi connectivity index (χ4n) is 8.23. The molecule has 1 heteroatoms. The second kappa shape index (κ2) is 8.87. The van der Waals surface area contributed by atoms with Gasteiger partial charge in [0.1, 0.15) is 0 Å². The summed E-state index contributed by atoms with van der Waals surface area (Å²) >= 11 is -3.02. The molecule has 2 unspecified atom stereocenters. The molecule has 1 fully saturated rings. The van der Waals surface area contributed by atoms with E-state index in [0.29, 0.717) is 7.35 Å². The minimum atomic E-state index is -3.02. The molecule has 1 saturated heterocycles. The molecule has 0 N–H and O–H groups in total. The van der Waals surface area contributed by atoms with Crippen molar-refractivity contribution in [3.63, 3.8) is 0 Å². The van der Waals surface area contributed by atoms with Gasteiger partial charge in [0.05, 0.1) is 0 Å². The second-order valence-electron chi connectivity index (χ2n) is 12.9. The van der Waals surface area contributed by atoms with Crippen LogP contribution in [0.1, 0.15) is 61.0 Å². The number of benzene rings is 4. The van der Waals surface area contributed by atoms with E-state index in [1.807, 2.05) is 0 Å². The summed E-state index contributed by atoms with van der Waals surface area (Å²) in [5.41, 5.74) is 17.9. The van der Waals surface area contributed by atoms with E-state index in [0.717, 1.165) is 6.42 Å². The van der Waals surface area contributed by atoms with Gasteiger partial charge in [0.2, 0.25) is 0 Å². The van der Waals surface area contributed by atoms with Gasteiger partial charge in [0.25, 0.3) is 0 Å². The van der Waals surface area contributed by atoms with Gasteiger partial charge in [-0.2, -0.15) is 0 Å². The fourth-order valence-corrected chi connectivity index (χ4v) is 25.6. The molecule has 39 heavy (non-hydrogen) atoms. The van der Waals surface area contributed by atoms with Gasteiger partial charge in [0, 0.05) is 0 Å².